The average molecular weight is 332 g/mol. The molecule has 4 rings (SSSR count). The van der Waals surface area contributed by atoms with Crippen LogP contribution in [0.15, 0.2) is 11.1 Å². The maximum atomic E-state index is 12.5. The summed E-state index contributed by atoms with van der Waals surface area (Å²) in [5.74, 6) is 0.639. The molecule has 3 nitrogen and oxygen atoms in total. The van der Waals surface area contributed by atoms with Crippen molar-refractivity contribution >= 4 is 5.97 Å². The number of hydrogen-bond donors (Lipinski definition) is 0. The number of hydrogen-bond acceptors (Lipinski definition) is 3. The molecule has 0 radical (unpaired) electrons. The number of ether oxygens (including phenoxy) is 2. The number of carbonyl (C=O) groups is 1. The molecule has 0 aromatic carbocycles. The van der Waals surface area contributed by atoms with Gasteiger partial charge in [-0.2, -0.15) is 0 Å². The molecule has 0 aromatic rings. The summed E-state index contributed by atoms with van der Waals surface area (Å²) >= 11 is 0. The van der Waals surface area contributed by atoms with Crippen LogP contribution in [0.1, 0.15) is 73.1 Å². The van der Waals surface area contributed by atoms with Crippen LogP contribution in [0.2, 0.25) is 0 Å². The Labute approximate surface area is 146 Å². The predicted molar refractivity (Wildman–Crippen MR) is 93.2 cm³/mol. The molecular formula is C21H32O3. The number of esters is 1. The first-order chi connectivity index (χ1) is 11.2. The molecule has 24 heavy (non-hydrogen) atoms. The lowest BCUT2D eigenvalue weighted by Crippen LogP contribution is -2.44. The van der Waals surface area contributed by atoms with Crippen LogP contribution in [-0.4, -0.2) is 18.4 Å². The van der Waals surface area contributed by atoms with Gasteiger partial charge in [-0.05, 0) is 68.3 Å². The van der Waals surface area contributed by atoms with E-state index in [1.165, 1.54) is 37.7 Å². The summed E-state index contributed by atoms with van der Waals surface area (Å²) in [6.07, 6.45) is 7.29. The summed E-state index contributed by atoms with van der Waals surface area (Å²) < 4.78 is 11.7. The van der Waals surface area contributed by atoms with Crippen molar-refractivity contribution in [2.24, 2.45) is 28.6 Å². The van der Waals surface area contributed by atoms with Crippen LogP contribution >= 0.6 is 0 Å². The van der Waals surface area contributed by atoms with Crippen molar-refractivity contribution in [2.45, 2.75) is 85.5 Å². The lowest BCUT2D eigenvalue weighted by Gasteiger charge is -2.49. The average Bonchev–Trinajstić information content (AvgIpc) is 2.80. The summed E-state index contributed by atoms with van der Waals surface area (Å²) in [5.41, 5.74) is 3.62. The molecule has 0 amide bonds. The fourth-order valence-corrected chi connectivity index (χ4v) is 6.43. The molecule has 6 atom stereocenters. The monoisotopic (exact) mass is 332 g/mol. The minimum absolute atomic E-state index is 0.0860. The van der Waals surface area contributed by atoms with Crippen molar-refractivity contribution in [1.82, 2.24) is 0 Å². The van der Waals surface area contributed by atoms with E-state index in [4.69, 9.17) is 9.47 Å². The van der Waals surface area contributed by atoms with E-state index < -0.39 is 0 Å². The van der Waals surface area contributed by atoms with Crippen LogP contribution in [0.4, 0.5) is 0 Å². The van der Waals surface area contributed by atoms with Crippen molar-refractivity contribution in [1.29, 1.82) is 0 Å². The van der Waals surface area contributed by atoms with Crippen LogP contribution in [0, 0.1) is 28.6 Å². The Balaban J connectivity index is 1.80. The van der Waals surface area contributed by atoms with Crippen LogP contribution in [0.5, 0.6) is 0 Å². The molecule has 1 unspecified atom stereocenters. The van der Waals surface area contributed by atoms with E-state index in [0.29, 0.717) is 17.3 Å². The maximum absolute atomic E-state index is 12.5. The smallest absolute Gasteiger partial charge is 0.315 e. The first-order valence-electron chi connectivity index (χ1n) is 9.81. The van der Waals surface area contributed by atoms with Gasteiger partial charge in [0.05, 0.1) is 12.0 Å². The second-order valence-electron chi connectivity index (χ2n) is 9.79. The van der Waals surface area contributed by atoms with Gasteiger partial charge in [0.2, 0.25) is 6.29 Å². The fourth-order valence-electron chi connectivity index (χ4n) is 6.43. The van der Waals surface area contributed by atoms with Gasteiger partial charge in [0, 0.05) is 5.92 Å². The summed E-state index contributed by atoms with van der Waals surface area (Å²) in [6.45, 7) is 11.5. The maximum Gasteiger partial charge on any atom is 0.315 e. The number of rotatable bonds is 1. The fraction of sp³-hybridized carbons (Fsp3) is 0.857. The molecule has 2 aliphatic carbocycles. The quantitative estimate of drug-likeness (QED) is 0.508. The highest BCUT2D eigenvalue weighted by Crippen LogP contribution is 2.58. The van der Waals surface area contributed by atoms with Crippen molar-refractivity contribution in [2.75, 3.05) is 0 Å². The highest BCUT2D eigenvalue weighted by atomic mass is 16.7. The molecule has 3 heteroatoms. The van der Waals surface area contributed by atoms with E-state index >= 15 is 0 Å². The SMILES string of the molecule is C[C@H]1C(=O)OC2O[C@@H](C)[C@@H]3CCC([C@@]4(C)CCCC(C)(C)C4)=C1[C@H]23. The van der Waals surface area contributed by atoms with Crippen LogP contribution in [-0.2, 0) is 14.3 Å². The zero-order chi connectivity index (χ0) is 17.3. The lowest BCUT2D eigenvalue weighted by atomic mass is 9.56. The van der Waals surface area contributed by atoms with Gasteiger partial charge < -0.3 is 9.47 Å². The zero-order valence-electron chi connectivity index (χ0n) is 15.9. The Morgan fingerprint density at radius 3 is 2.58 bits per heavy atom. The van der Waals surface area contributed by atoms with E-state index in [2.05, 4.69) is 34.6 Å². The van der Waals surface area contributed by atoms with Gasteiger partial charge in [-0.1, -0.05) is 32.8 Å². The summed E-state index contributed by atoms with van der Waals surface area (Å²) in [5, 5.41) is 0. The third kappa shape index (κ3) is 2.38. The Kier molecular flexibility index (Phi) is 3.69. The summed E-state index contributed by atoms with van der Waals surface area (Å²) in [4.78, 5) is 12.5. The molecule has 1 saturated carbocycles. The van der Waals surface area contributed by atoms with Gasteiger partial charge in [-0.25, -0.2) is 0 Å². The Morgan fingerprint density at radius 2 is 1.88 bits per heavy atom. The van der Waals surface area contributed by atoms with Gasteiger partial charge in [0.25, 0.3) is 0 Å². The van der Waals surface area contributed by atoms with E-state index in [1.54, 1.807) is 5.57 Å². The highest BCUT2D eigenvalue weighted by molar-refractivity contribution is 5.77. The van der Waals surface area contributed by atoms with Crippen molar-refractivity contribution in [3.63, 3.8) is 0 Å². The van der Waals surface area contributed by atoms with Gasteiger partial charge in [-0.15, -0.1) is 0 Å². The third-order valence-corrected chi connectivity index (χ3v) is 7.37. The molecule has 134 valence electrons. The van der Waals surface area contributed by atoms with Crippen molar-refractivity contribution in [3.8, 4) is 0 Å². The van der Waals surface area contributed by atoms with E-state index in [9.17, 15) is 4.79 Å². The first-order valence-corrected chi connectivity index (χ1v) is 9.81. The molecule has 3 fully saturated rings. The van der Waals surface area contributed by atoms with Gasteiger partial charge in [0.1, 0.15) is 0 Å². The molecule has 0 aromatic heterocycles. The van der Waals surface area contributed by atoms with E-state index in [1.807, 2.05) is 0 Å². The van der Waals surface area contributed by atoms with E-state index in [0.717, 1.165) is 6.42 Å². The molecule has 2 aliphatic heterocycles. The molecule has 2 heterocycles. The van der Waals surface area contributed by atoms with Gasteiger partial charge in [0.15, 0.2) is 0 Å². The minimum atomic E-state index is -0.334. The van der Waals surface area contributed by atoms with Crippen LogP contribution in [0.25, 0.3) is 0 Å². The normalized spacial score (nSPS) is 47.4. The highest BCUT2D eigenvalue weighted by Gasteiger charge is 2.56. The first kappa shape index (κ1) is 16.6. The molecule has 0 bridgehead atoms. The van der Waals surface area contributed by atoms with E-state index in [-0.39, 0.29) is 29.7 Å². The zero-order valence-corrected chi connectivity index (χ0v) is 15.9. The molecule has 0 spiro atoms. The van der Waals surface area contributed by atoms with Crippen LogP contribution < -0.4 is 0 Å². The van der Waals surface area contributed by atoms with Crippen molar-refractivity contribution < 1.29 is 14.3 Å². The van der Waals surface area contributed by atoms with Crippen LogP contribution in [0.3, 0.4) is 0 Å². The lowest BCUT2D eigenvalue weighted by molar-refractivity contribution is -0.189. The van der Waals surface area contributed by atoms with Gasteiger partial charge >= 0.3 is 5.97 Å². The Morgan fingerprint density at radius 1 is 1.12 bits per heavy atom. The molecular weight excluding hydrogens is 300 g/mol. The van der Waals surface area contributed by atoms with Gasteiger partial charge in [-0.3, -0.25) is 4.79 Å². The Hall–Kier alpha value is -0.830. The minimum Gasteiger partial charge on any atom is -0.435 e. The predicted octanol–water partition coefficient (Wildman–Crippen LogP) is 4.85. The second-order valence-corrected chi connectivity index (χ2v) is 9.79. The number of allylic oxidation sites excluding steroid dienone is 1. The molecule has 4 aliphatic rings. The molecule has 0 N–H and O–H groups in total. The largest absolute Gasteiger partial charge is 0.435 e. The number of carbonyl (C=O) groups excluding carboxylic acids is 1. The standard InChI is InChI=1S/C21H32O3/c1-12-16-15(21(5)10-6-9-20(3,4)11-21)8-7-14-13(2)23-19(17(14)16)24-18(12)22/h12-14,17,19H,6-11H2,1-5H3/t12-,13+,14+,17-,19?,21+/m1/s1. The van der Waals surface area contributed by atoms with Crippen molar-refractivity contribution in [3.05, 3.63) is 11.1 Å². The molecule has 2 saturated heterocycles. The topological polar surface area (TPSA) is 35.5 Å². The second kappa shape index (κ2) is 5.33. The Bertz CT molecular complexity index is 590. The summed E-state index contributed by atoms with van der Waals surface area (Å²) in [6, 6.07) is 0. The third-order valence-electron chi connectivity index (χ3n) is 7.37. The summed E-state index contributed by atoms with van der Waals surface area (Å²) in [7, 11) is 0.